The number of halogens is 25. The van der Waals surface area contributed by atoms with Crippen molar-refractivity contribution in [3.8, 4) is 0 Å². The first-order chi connectivity index (χ1) is 24.2. The highest BCUT2D eigenvalue weighted by Gasteiger charge is 2.99. The first kappa shape index (κ1) is 56.2. The van der Waals surface area contributed by atoms with Gasteiger partial charge in [0.15, 0.2) is 10.1 Å². The summed E-state index contributed by atoms with van der Waals surface area (Å²) in [5.74, 6) is -94.2. The van der Waals surface area contributed by atoms with Crippen molar-refractivity contribution in [1.82, 2.24) is 0 Å². The third kappa shape index (κ3) is 8.84. The molecule has 4 nitrogen and oxygen atoms in total. The zero-order chi connectivity index (χ0) is 46.1. The largest absolute Gasteiger partial charge is 0.743 e. The number of unbranched alkanes of at least 4 members (excludes halogenated alkanes) is 2. The molecule has 0 amide bonds. The van der Waals surface area contributed by atoms with Gasteiger partial charge in [0.05, 0.1) is 26.2 Å². The van der Waals surface area contributed by atoms with Crippen LogP contribution in [0.3, 0.4) is 0 Å². The number of alkyl halides is 25. The van der Waals surface area contributed by atoms with Crippen LogP contribution in [0.2, 0.25) is 0 Å². The molecule has 0 rings (SSSR count). The summed E-state index contributed by atoms with van der Waals surface area (Å²) in [6, 6.07) is 0. The van der Waals surface area contributed by atoms with Crippen LogP contribution in [0.4, 0.5) is 110 Å². The molecule has 0 N–H and O–H groups in total. The molecule has 0 fully saturated rings. The van der Waals surface area contributed by atoms with Crippen molar-refractivity contribution in [2.24, 2.45) is 0 Å². The predicted octanol–water partition coefficient (Wildman–Crippen LogP) is 11.3. The molecular formula is C26H32F25NO3S. The van der Waals surface area contributed by atoms with Gasteiger partial charge in [-0.25, -0.2) is 8.42 Å². The van der Waals surface area contributed by atoms with Gasteiger partial charge in [0, 0.05) is 0 Å². The quantitative estimate of drug-likeness (QED) is 0.0499. The summed E-state index contributed by atoms with van der Waals surface area (Å²) in [6.07, 6.45) is -0.0199. The Morgan fingerprint density at radius 1 is 0.357 bits per heavy atom. The molecule has 30 heteroatoms. The first-order valence-corrected chi connectivity index (χ1v) is 16.7. The third-order valence-electron chi connectivity index (χ3n) is 7.91. The molecule has 340 valence electrons. The summed E-state index contributed by atoms with van der Waals surface area (Å²) in [4.78, 5) is 0. The van der Waals surface area contributed by atoms with Crippen LogP contribution in [0.15, 0.2) is 0 Å². The molecule has 0 aliphatic carbocycles. The van der Waals surface area contributed by atoms with Gasteiger partial charge in [-0.2, -0.15) is 110 Å². The maximum atomic E-state index is 13.5. The van der Waals surface area contributed by atoms with Gasteiger partial charge in [0.1, 0.15) is 0 Å². The van der Waals surface area contributed by atoms with Crippen LogP contribution in [0.5, 0.6) is 0 Å². The molecule has 0 bridgehead atoms. The minimum atomic E-state index is -9.77. The van der Waals surface area contributed by atoms with Crippen LogP contribution in [0.25, 0.3) is 0 Å². The van der Waals surface area contributed by atoms with Crippen LogP contribution in [0, 0.1) is 0 Å². The fourth-order valence-electron chi connectivity index (χ4n) is 4.89. The molecule has 0 aromatic rings. The molecule has 0 saturated heterocycles. The van der Waals surface area contributed by atoms with Crippen molar-refractivity contribution in [2.45, 2.75) is 137 Å². The number of rotatable bonds is 21. The minimum Gasteiger partial charge on any atom is -0.743 e. The second-order valence-corrected chi connectivity index (χ2v) is 13.6. The molecule has 0 spiro atoms. The summed E-state index contributed by atoms with van der Waals surface area (Å²) in [7, 11) is -8.49. The molecule has 0 atom stereocenters. The van der Waals surface area contributed by atoms with Gasteiger partial charge in [-0.3, -0.25) is 0 Å². The first-order valence-electron chi connectivity index (χ1n) is 15.3. The highest BCUT2D eigenvalue weighted by Crippen LogP contribution is 2.68. The Morgan fingerprint density at radius 3 is 0.786 bits per heavy atom. The van der Waals surface area contributed by atoms with Crippen molar-refractivity contribution in [3.63, 3.8) is 0 Å². The summed E-state index contributed by atoms with van der Waals surface area (Å²) >= 11 is 0. The normalized spacial score (nSPS) is 15.8. The second-order valence-electron chi connectivity index (χ2n) is 12.2. The number of hydrogen-bond acceptors (Lipinski definition) is 3. The van der Waals surface area contributed by atoms with E-state index in [-0.39, 0.29) is 0 Å². The van der Waals surface area contributed by atoms with E-state index < -0.39 is 80.8 Å². The molecular weight excluding hydrogens is 881 g/mol. The molecule has 0 radical (unpaired) electrons. The lowest BCUT2D eigenvalue weighted by Gasteiger charge is -2.45. The molecule has 0 aromatic carbocycles. The van der Waals surface area contributed by atoms with Gasteiger partial charge < -0.3 is 9.04 Å². The molecule has 0 aliphatic rings. The maximum absolute atomic E-state index is 13.5. The Labute approximate surface area is 301 Å². The Kier molecular flexibility index (Phi) is 17.1. The van der Waals surface area contributed by atoms with Gasteiger partial charge in [-0.05, 0) is 32.1 Å². The van der Waals surface area contributed by atoms with Crippen LogP contribution in [-0.2, 0) is 10.1 Å². The smallest absolute Gasteiger partial charge is 0.460 e. The van der Waals surface area contributed by atoms with Crippen LogP contribution in [0.1, 0.15) is 66.2 Å². The van der Waals surface area contributed by atoms with Crippen molar-refractivity contribution in [3.05, 3.63) is 0 Å². The van der Waals surface area contributed by atoms with Crippen molar-refractivity contribution in [2.75, 3.05) is 26.2 Å². The third-order valence-corrected chi connectivity index (χ3v) is 8.80. The van der Waals surface area contributed by atoms with Crippen LogP contribution in [-0.4, -0.2) is 114 Å². The zero-order valence-corrected chi connectivity index (χ0v) is 29.4. The number of quaternary nitrogens is 1. The van der Waals surface area contributed by atoms with E-state index in [2.05, 4.69) is 27.7 Å². The van der Waals surface area contributed by atoms with E-state index in [1.54, 1.807) is 0 Å². The SMILES string of the molecule is CCCCC[N+](CCC)(CCC)CCC.O=S(=O)([O-])C(F)(F)C(F)(F)C(F)(F)C(F)(F)C(F)(F)C(F)(F)C(F)(F)C(F)(F)C(F)(F)C(F)(F)C(F)(F)C(F)(F)F. The van der Waals surface area contributed by atoms with E-state index in [0.29, 0.717) is 0 Å². The van der Waals surface area contributed by atoms with Gasteiger partial charge in [-0.15, -0.1) is 0 Å². The minimum absolute atomic E-state index is 1.34. The highest BCUT2D eigenvalue weighted by atomic mass is 32.2. The van der Waals surface area contributed by atoms with Gasteiger partial charge in [-0.1, -0.05) is 34.1 Å². The molecule has 0 heterocycles. The van der Waals surface area contributed by atoms with E-state index in [0.717, 1.165) is 0 Å². The summed E-state index contributed by atoms with van der Waals surface area (Å²) in [5, 5.41) is -8.33. The van der Waals surface area contributed by atoms with E-state index in [1.807, 2.05) is 0 Å². The van der Waals surface area contributed by atoms with Gasteiger partial charge in [0.2, 0.25) is 0 Å². The summed E-state index contributed by atoms with van der Waals surface area (Å²) in [5.41, 5.74) is 0. The summed E-state index contributed by atoms with van der Waals surface area (Å²) in [6.45, 7) is 14.9. The zero-order valence-electron chi connectivity index (χ0n) is 28.6. The fraction of sp³-hybridized carbons (Fsp3) is 1.00. The summed E-state index contributed by atoms with van der Waals surface area (Å²) < 4.78 is 358. The molecule has 56 heavy (non-hydrogen) atoms. The Hall–Kier alpha value is -1.88. The molecule has 0 aromatic heterocycles. The Morgan fingerprint density at radius 2 is 0.589 bits per heavy atom. The monoisotopic (exact) mass is 913 g/mol. The van der Waals surface area contributed by atoms with Crippen LogP contribution >= 0.6 is 0 Å². The highest BCUT2D eigenvalue weighted by molar-refractivity contribution is 7.86. The molecule has 0 saturated carbocycles. The van der Waals surface area contributed by atoms with Gasteiger partial charge in [0.25, 0.3) is 0 Å². The van der Waals surface area contributed by atoms with Gasteiger partial charge >= 0.3 is 70.7 Å². The van der Waals surface area contributed by atoms with Crippen molar-refractivity contribution < 1.29 is 127 Å². The van der Waals surface area contributed by atoms with Crippen LogP contribution < -0.4 is 0 Å². The van der Waals surface area contributed by atoms with Crippen molar-refractivity contribution in [1.29, 1.82) is 0 Å². The van der Waals surface area contributed by atoms with E-state index in [9.17, 15) is 123 Å². The van der Waals surface area contributed by atoms with E-state index in [1.165, 1.54) is 69.2 Å². The Bertz CT molecular complexity index is 1360. The Balaban J connectivity index is 0. The molecule has 0 unspecified atom stereocenters. The lowest BCUT2D eigenvalue weighted by molar-refractivity contribution is -0.928. The van der Waals surface area contributed by atoms with Crippen molar-refractivity contribution >= 4 is 10.1 Å². The van der Waals surface area contributed by atoms with E-state index >= 15 is 0 Å². The fourth-order valence-corrected chi connectivity index (χ4v) is 5.33. The van der Waals surface area contributed by atoms with E-state index in [4.69, 9.17) is 0 Å². The topological polar surface area (TPSA) is 57.2 Å². The second kappa shape index (κ2) is 17.0. The average Bonchev–Trinajstić information content (AvgIpc) is 2.99. The lowest BCUT2D eigenvalue weighted by atomic mass is 9.85. The number of nitrogens with zero attached hydrogens (tertiary/aromatic N) is 1. The predicted molar refractivity (Wildman–Crippen MR) is 140 cm³/mol. The maximum Gasteiger partial charge on any atom is 0.460 e. The lowest BCUT2D eigenvalue weighted by Crippen LogP contribution is -2.78. The number of hydrogen-bond donors (Lipinski definition) is 0. The molecule has 0 aliphatic heterocycles. The standard InChI is InChI=1S/C14H32N.C12HF25O3S/c1-5-9-10-14-15(11-6-2,12-7-3)13-8-4;13-1(14,3(17,18)5(21,22)7(25,26)9(29,30)11(33,34)35)2(15,16)4(19,20)6(23,24)8(27,28)10(31,32)12(36,37)41(38,39)40/h5-14H2,1-4H3;(H,38,39,40)/q+1;/p-1. The average molecular weight is 914 g/mol.